The summed E-state index contributed by atoms with van der Waals surface area (Å²) in [5.74, 6) is 0.0453. The van der Waals surface area contributed by atoms with Crippen LogP contribution in [0.4, 0.5) is 0 Å². The average Bonchev–Trinajstić information content (AvgIpc) is 3.43. The molecule has 0 saturated carbocycles. The van der Waals surface area contributed by atoms with Crippen LogP contribution in [0.25, 0.3) is 11.1 Å². The number of nitrogens with zero attached hydrogens (tertiary/aromatic N) is 4. The van der Waals surface area contributed by atoms with Gasteiger partial charge in [0, 0.05) is 31.7 Å². The van der Waals surface area contributed by atoms with Gasteiger partial charge in [0.25, 0.3) is 5.91 Å². The molecule has 1 saturated heterocycles. The van der Waals surface area contributed by atoms with Crippen LogP contribution in [0.1, 0.15) is 34.1 Å². The summed E-state index contributed by atoms with van der Waals surface area (Å²) in [4.78, 5) is 14.8. The minimum atomic E-state index is 0.0453. The van der Waals surface area contributed by atoms with Gasteiger partial charge in [0.15, 0.2) is 0 Å². The van der Waals surface area contributed by atoms with Crippen molar-refractivity contribution in [2.24, 2.45) is 11.5 Å². The second kappa shape index (κ2) is 7.92. The van der Waals surface area contributed by atoms with Crippen molar-refractivity contribution >= 4 is 5.91 Å². The Morgan fingerprint density at radius 3 is 2.61 bits per heavy atom. The van der Waals surface area contributed by atoms with Crippen molar-refractivity contribution in [3.63, 3.8) is 0 Å². The van der Waals surface area contributed by atoms with Crippen molar-refractivity contribution in [3.8, 4) is 11.1 Å². The number of aromatic nitrogens is 3. The van der Waals surface area contributed by atoms with Gasteiger partial charge in [0.1, 0.15) is 0 Å². The lowest BCUT2D eigenvalue weighted by Crippen LogP contribution is -2.29. The normalized spacial score (nSPS) is 16.5. The Balaban J connectivity index is 1.45. The first-order valence-corrected chi connectivity index (χ1v) is 9.47. The van der Waals surface area contributed by atoms with Crippen LogP contribution >= 0.6 is 0 Å². The van der Waals surface area contributed by atoms with E-state index in [9.17, 15) is 4.79 Å². The van der Waals surface area contributed by atoms with E-state index in [2.05, 4.69) is 22.4 Å². The predicted octanol–water partition coefficient (Wildman–Crippen LogP) is 1.95. The molecule has 0 bridgehead atoms. The molecule has 4 rings (SSSR count). The maximum atomic E-state index is 12.9. The molecule has 0 spiro atoms. The van der Waals surface area contributed by atoms with Crippen LogP contribution in [0, 0.1) is 0 Å². The molecule has 1 amide bonds. The van der Waals surface area contributed by atoms with E-state index in [1.54, 1.807) is 0 Å². The summed E-state index contributed by atoms with van der Waals surface area (Å²) in [6, 6.07) is 16.0. The van der Waals surface area contributed by atoms with Gasteiger partial charge in [0.05, 0.1) is 17.9 Å². The Kier molecular flexibility index (Phi) is 5.18. The molecular weight excluding hydrogens is 352 g/mol. The molecule has 1 aromatic heterocycles. The molecule has 28 heavy (non-hydrogen) atoms. The topological polar surface area (TPSA) is 103 Å². The van der Waals surface area contributed by atoms with Crippen molar-refractivity contribution in [1.29, 1.82) is 0 Å². The lowest BCUT2D eigenvalue weighted by atomic mass is 10.0. The number of benzene rings is 2. The Bertz CT molecular complexity index is 965. The number of likely N-dealkylation sites (tertiary alicyclic amines) is 1. The van der Waals surface area contributed by atoms with Gasteiger partial charge in [0.2, 0.25) is 0 Å². The third-order valence-corrected chi connectivity index (χ3v) is 5.22. The molecule has 7 nitrogen and oxygen atoms in total. The molecule has 7 heteroatoms. The summed E-state index contributed by atoms with van der Waals surface area (Å²) in [6.45, 7) is 2.23. The second-order valence-electron chi connectivity index (χ2n) is 7.07. The molecule has 1 fully saturated rings. The molecule has 144 valence electrons. The third-order valence-electron chi connectivity index (χ3n) is 5.22. The van der Waals surface area contributed by atoms with Crippen LogP contribution in [0.15, 0.2) is 54.7 Å². The molecule has 1 aliphatic heterocycles. The molecule has 0 radical (unpaired) electrons. The zero-order valence-corrected chi connectivity index (χ0v) is 15.7. The van der Waals surface area contributed by atoms with Gasteiger partial charge in [-0.2, -0.15) is 0 Å². The number of nitrogens with two attached hydrogens (primary N) is 2. The van der Waals surface area contributed by atoms with Crippen LogP contribution in [-0.2, 0) is 13.1 Å². The van der Waals surface area contributed by atoms with Gasteiger partial charge in [-0.3, -0.25) is 4.79 Å². The van der Waals surface area contributed by atoms with E-state index in [4.69, 9.17) is 11.5 Å². The first-order chi connectivity index (χ1) is 13.7. The van der Waals surface area contributed by atoms with Gasteiger partial charge in [-0.15, -0.1) is 5.10 Å². The van der Waals surface area contributed by atoms with Gasteiger partial charge in [-0.05, 0) is 41.3 Å². The molecule has 1 unspecified atom stereocenters. The van der Waals surface area contributed by atoms with Crippen LogP contribution in [0.3, 0.4) is 0 Å². The Hall–Kier alpha value is -3.03. The van der Waals surface area contributed by atoms with Crippen molar-refractivity contribution in [2.45, 2.75) is 25.6 Å². The van der Waals surface area contributed by atoms with Gasteiger partial charge in [-0.1, -0.05) is 35.5 Å². The number of amides is 1. The lowest BCUT2D eigenvalue weighted by molar-refractivity contribution is 0.0787. The number of carbonyl (C=O) groups is 1. The van der Waals surface area contributed by atoms with Crippen LogP contribution in [0.5, 0.6) is 0 Å². The standard InChI is InChI=1S/C21H24N6O/c22-11-15-2-1-3-18(10-15)16-4-6-17(7-5-16)21(28)26-9-8-20(14-26)27-13-19(12-23)24-25-27/h1-7,10,13,20H,8-9,11-12,14,22-23H2. The fourth-order valence-corrected chi connectivity index (χ4v) is 3.59. The second-order valence-corrected chi connectivity index (χ2v) is 7.07. The van der Waals surface area contributed by atoms with E-state index in [0.717, 1.165) is 28.8 Å². The van der Waals surface area contributed by atoms with Crippen molar-refractivity contribution in [1.82, 2.24) is 19.9 Å². The van der Waals surface area contributed by atoms with Crippen molar-refractivity contribution < 1.29 is 4.79 Å². The molecule has 3 aromatic rings. The summed E-state index contributed by atoms with van der Waals surface area (Å²) in [6.07, 6.45) is 2.73. The predicted molar refractivity (Wildman–Crippen MR) is 107 cm³/mol. The summed E-state index contributed by atoms with van der Waals surface area (Å²) >= 11 is 0. The maximum absolute atomic E-state index is 12.9. The van der Waals surface area contributed by atoms with Crippen LogP contribution in [-0.4, -0.2) is 38.9 Å². The van der Waals surface area contributed by atoms with E-state index in [0.29, 0.717) is 31.7 Å². The maximum Gasteiger partial charge on any atom is 0.253 e. The monoisotopic (exact) mass is 376 g/mol. The number of hydrogen-bond donors (Lipinski definition) is 2. The Morgan fingerprint density at radius 1 is 1.07 bits per heavy atom. The molecule has 2 heterocycles. The fraction of sp³-hybridized carbons (Fsp3) is 0.286. The van der Waals surface area contributed by atoms with Gasteiger partial charge >= 0.3 is 0 Å². The summed E-state index contributed by atoms with van der Waals surface area (Å²) in [5.41, 5.74) is 16.0. The zero-order chi connectivity index (χ0) is 19.5. The molecule has 1 aliphatic rings. The first-order valence-electron chi connectivity index (χ1n) is 9.47. The molecule has 2 aromatic carbocycles. The highest BCUT2D eigenvalue weighted by atomic mass is 16.2. The SMILES string of the molecule is NCc1cccc(-c2ccc(C(=O)N3CCC(n4cc(CN)nn4)C3)cc2)c1. The quantitative estimate of drug-likeness (QED) is 0.708. The molecule has 1 atom stereocenters. The number of rotatable bonds is 5. The fourth-order valence-electron chi connectivity index (χ4n) is 3.59. The number of hydrogen-bond acceptors (Lipinski definition) is 5. The largest absolute Gasteiger partial charge is 0.336 e. The highest BCUT2D eigenvalue weighted by Crippen LogP contribution is 2.25. The highest BCUT2D eigenvalue weighted by molar-refractivity contribution is 5.95. The van der Waals surface area contributed by atoms with E-state index in [1.807, 2.05) is 52.2 Å². The van der Waals surface area contributed by atoms with E-state index in [1.165, 1.54) is 0 Å². The average molecular weight is 376 g/mol. The minimum Gasteiger partial charge on any atom is -0.336 e. The Labute approximate surface area is 163 Å². The molecular formula is C21H24N6O. The van der Waals surface area contributed by atoms with E-state index in [-0.39, 0.29) is 11.9 Å². The molecule has 0 aliphatic carbocycles. The van der Waals surface area contributed by atoms with E-state index >= 15 is 0 Å². The first kappa shape index (κ1) is 18.3. The zero-order valence-electron chi connectivity index (χ0n) is 15.7. The summed E-state index contributed by atoms with van der Waals surface area (Å²) < 4.78 is 1.82. The van der Waals surface area contributed by atoms with Crippen molar-refractivity contribution in [3.05, 3.63) is 71.5 Å². The highest BCUT2D eigenvalue weighted by Gasteiger charge is 2.28. The summed E-state index contributed by atoms with van der Waals surface area (Å²) in [7, 11) is 0. The molecule has 4 N–H and O–H groups in total. The van der Waals surface area contributed by atoms with Gasteiger partial charge < -0.3 is 16.4 Å². The lowest BCUT2D eigenvalue weighted by Gasteiger charge is -2.17. The van der Waals surface area contributed by atoms with Crippen LogP contribution < -0.4 is 11.5 Å². The Morgan fingerprint density at radius 2 is 1.89 bits per heavy atom. The number of carbonyl (C=O) groups excluding carboxylic acids is 1. The minimum absolute atomic E-state index is 0.0453. The smallest absolute Gasteiger partial charge is 0.253 e. The van der Waals surface area contributed by atoms with Crippen LogP contribution in [0.2, 0.25) is 0 Å². The third kappa shape index (κ3) is 3.67. The van der Waals surface area contributed by atoms with Gasteiger partial charge in [-0.25, -0.2) is 4.68 Å². The summed E-state index contributed by atoms with van der Waals surface area (Å²) in [5, 5.41) is 8.17. The van der Waals surface area contributed by atoms with Crippen molar-refractivity contribution in [2.75, 3.05) is 13.1 Å². The van der Waals surface area contributed by atoms with E-state index < -0.39 is 0 Å².